The molecule has 1 fully saturated rings. The summed E-state index contributed by atoms with van der Waals surface area (Å²) in [6.07, 6.45) is 2.04. The predicted octanol–water partition coefficient (Wildman–Crippen LogP) is 1.61. The van der Waals surface area contributed by atoms with Gasteiger partial charge in [-0.1, -0.05) is 6.92 Å². The third kappa shape index (κ3) is 3.20. The van der Waals surface area contributed by atoms with Gasteiger partial charge < -0.3 is 15.4 Å². The fraction of sp³-hybridized carbons (Fsp3) is 0.667. The molecule has 0 aromatic carbocycles. The van der Waals surface area contributed by atoms with Gasteiger partial charge in [0.15, 0.2) is 5.13 Å². The minimum Gasteiger partial charge on any atom is -0.381 e. The van der Waals surface area contributed by atoms with Crippen LogP contribution in [0.1, 0.15) is 30.3 Å². The van der Waals surface area contributed by atoms with Crippen molar-refractivity contribution in [2.45, 2.75) is 19.8 Å². The Morgan fingerprint density at radius 3 is 3.22 bits per heavy atom. The lowest BCUT2D eigenvalue weighted by atomic mass is 10.1. The molecule has 1 aromatic heterocycles. The fourth-order valence-electron chi connectivity index (χ4n) is 2.10. The van der Waals surface area contributed by atoms with Gasteiger partial charge >= 0.3 is 0 Å². The zero-order chi connectivity index (χ0) is 13.0. The third-order valence-corrected chi connectivity index (χ3v) is 3.69. The van der Waals surface area contributed by atoms with Gasteiger partial charge in [0.05, 0.1) is 6.61 Å². The molecule has 0 unspecified atom stereocenters. The van der Waals surface area contributed by atoms with Crippen LogP contribution in [0.3, 0.4) is 0 Å². The molecule has 2 heterocycles. The number of likely N-dealkylation sites (tertiary alicyclic amines) is 1. The maximum atomic E-state index is 12.1. The van der Waals surface area contributed by atoms with E-state index in [0.29, 0.717) is 16.7 Å². The number of nitrogen functional groups attached to an aromatic ring is 1. The van der Waals surface area contributed by atoms with Crippen LogP contribution in [0, 0.1) is 5.92 Å². The summed E-state index contributed by atoms with van der Waals surface area (Å²) in [6.45, 7) is 5.19. The van der Waals surface area contributed by atoms with E-state index in [4.69, 9.17) is 10.5 Å². The molecule has 6 heteroatoms. The van der Waals surface area contributed by atoms with E-state index < -0.39 is 0 Å². The Kier molecular flexibility index (Phi) is 4.54. The SMILES string of the molecule is CCCOC[C@@H]1CCN(C(=O)c2csc(N)n2)C1. The smallest absolute Gasteiger partial charge is 0.273 e. The molecular weight excluding hydrogens is 250 g/mol. The summed E-state index contributed by atoms with van der Waals surface area (Å²) in [7, 11) is 0. The minimum atomic E-state index is -0.0130. The Labute approximate surface area is 111 Å². The molecule has 1 amide bonds. The first-order chi connectivity index (χ1) is 8.70. The van der Waals surface area contributed by atoms with Crippen LogP contribution in [0.25, 0.3) is 0 Å². The van der Waals surface area contributed by atoms with Crippen molar-refractivity contribution in [3.8, 4) is 0 Å². The number of nitrogens with two attached hydrogens (primary N) is 1. The highest BCUT2D eigenvalue weighted by Crippen LogP contribution is 2.20. The predicted molar refractivity (Wildman–Crippen MR) is 71.6 cm³/mol. The van der Waals surface area contributed by atoms with Crippen LogP contribution < -0.4 is 5.73 Å². The number of nitrogens with zero attached hydrogens (tertiary/aromatic N) is 2. The van der Waals surface area contributed by atoms with Crippen molar-refractivity contribution in [3.63, 3.8) is 0 Å². The van der Waals surface area contributed by atoms with Gasteiger partial charge in [-0.2, -0.15) is 0 Å². The fourth-order valence-corrected chi connectivity index (χ4v) is 2.63. The summed E-state index contributed by atoms with van der Waals surface area (Å²) >= 11 is 1.30. The first kappa shape index (κ1) is 13.3. The molecule has 0 spiro atoms. The van der Waals surface area contributed by atoms with Gasteiger partial charge in [0, 0.05) is 31.0 Å². The Hall–Kier alpha value is -1.14. The van der Waals surface area contributed by atoms with E-state index in [0.717, 1.165) is 39.1 Å². The summed E-state index contributed by atoms with van der Waals surface area (Å²) in [5, 5.41) is 2.17. The summed E-state index contributed by atoms with van der Waals surface area (Å²) in [5.41, 5.74) is 6.01. The molecule has 5 nitrogen and oxygen atoms in total. The summed E-state index contributed by atoms with van der Waals surface area (Å²) in [5.74, 6) is 0.442. The highest BCUT2D eigenvalue weighted by molar-refractivity contribution is 7.13. The number of aromatic nitrogens is 1. The lowest BCUT2D eigenvalue weighted by Crippen LogP contribution is -2.29. The van der Waals surface area contributed by atoms with Crippen LogP contribution in [0.15, 0.2) is 5.38 Å². The number of anilines is 1. The van der Waals surface area contributed by atoms with Crippen molar-refractivity contribution < 1.29 is 9.53 Å². The quantitative estimate of drug-likeness (QED) is 0.825. The molecule has 0 bridgehead atoms. The average Bonchev–Trinajstić information content (AvgIpc) is 2.98. The van der Waals surface area contributed by atoms with Crippen LogP contribution in [0.4, 0.5) is 5.13 Å². The molecule has 0 aliphatic carbocycles. The number of carbonyl (C=O) groups excluding carboxylic acids is 1. The molecule has 2 N–H and O–H groups in total. The van der Waals surface area contributed by atoms with E-state index in [-0.39, 0.29) is 5.91 Å². The van der Waals surface area contributed by atoms with Crippen LogP contribution >= 0.6 is 11.3 Å². The summed E-state index contributed by atoms with van der Waals surface area (Å²) in [6, 6.07) is 0. The Bertz CT molecular complexity index is 408. The van der Waals surface area contributed by atoms with E-state index in [2.05, 4.69) is 11.9 Å². The number of carbonyl (C=O) groups is 1. The van der Waals surface area contributed by atoms with Gasteiger partial charge in [0.2, 0.25) is 0 Å². The Morgan fingerprint density at radius 1 is 1.72 bits per heavy atom. The van der Waals surface area contributed by atoms with E-state index >= 15 is 0 Å². The normalized spacial score (nSPS) is 19.4. The second kappa shape index (κ2) is 6.15. The lowest BCUT2D eigenvalue weighted by Gasteiger charge is -2.15. The summed E-state index contributed by atoms with van der Waals surface area (Å²) < 4.78 is 5.53. The molecular formula is C12H19N3O2S. The molecule has 0 saturated carbocycles. The second-order valence-corrected chi connectivity index (χ2v) is 5.44. The molecule has 0 radical (unpaired) electrons. The first-order valence-electron chi connectivity index (χ1n) is 6.28. The Morgan fingerprint density at radius 2 is 2.56 bits per heavy atom. The molecule has 1 aromatic rings. The van der Waals surface area contributed by atoms with Gasteiger partial charge in [0.1, 0.15) is 5.69 Å². The molecule has 100 valence electrons. The monoisotopic (exact) mass is 269 g/mol. The van der Waals surface area contributed by atoms with E-state index in [1.165, 1.54) is 11.3 Å². The van der Waals surface area contributed by atoms with Crippen molar-refractivity contribution in [2.24, 2.45) is 5.92 Å². The number of amides is 1. The molecule has 18 heavy (non-hydrogen) atoms. The topological polar surface area (TPSA) is 68.5 Å². The molecule has 1 saturated heterocycles. The van der Waals surface area contributed by atoms with Crippen LogP contribution in [0.2, 0.25) is 0 Å². The van der Waals surface area contributed by atoms with Crippen LogP contribution in [-0.2, 0) is 4.74 Å². The standard InChI is InChI=1S/C12H19N3O2S/c1-2-5-17-7-9-3-4-15(6-9)11(16)10-8-18-12(13)14-10/h8-9H,2-7H2,1H3,(H2,13,14)/t9-/m1/s1. The number of ether oxygens (including phenoxy) is 1. The zero-order valence-corrected chi connectivity index (χ0v) is 11.4. The van der Waals surface area contributed by atoms with Crippen LogP contribution in [-0.4, -0.2) is 42.1 Å². The van der Waals surface area contributed by atoms with Crippen molar-refractivity contribution in [3.05, 3.63) is 11.1 Å². The van der Waals surface area contributed by atoms with Gasteiger partial charge in [-0.3, -0.25) is 4.79 Å². The van der Waals surface area contributed by atoms with Crippen molar-refractivity contribution in [1.29, 1.82) is 0 Å². The minimum absolute atomic E-state index is 0.0130. The van der Waals surface area contributed by atoms with E-state index in [1.54, 1.807) is 5.38 Å². The summed E-state index contributed by atoms with van der Waals surface area (Å²) in [4.78, 5) is 18.0. The number of hydrogen-bond donors (Lipinski definition) is 1. The number of rotatable bonds is 5. The molecule has 1 atom stereocenters. The number of thiazole rings is 1. The highest BCUT2D eigenvalue weighted by Gasteiger charge is 2.28. The van der Waals surface area contributed by atoms with Crippen molar-refractivity contribution >= 4 is 22.4 Å². The highest BCUT2D eigenvalue weighted by atomic mass is 32.1. The second-order valence-electron chi connectivity index (χ2n) is 4.55. The van der Waals surface area contributed by atoms with Crippen molar-refractivity contribution in [1.82, 2.24) is 9.88 Å². The van der Waals surface area contributed by atoms with Gasteiger partial charge in [-0.05, 0) is 12.8 Å². The van der Waals surface area contributed by atoms with Crippen LogP contribution in [0.5, 0.6) is 0 Å². The van der Waals surface area contributed by atoms with E-state index in [1.807, 2.05) is 4.90 Å². The van der Waals surface area contributed by atoms with Gasteiger partial charge in [-0.25, -0.2) is 4.98 Å². The van der Waals surface area contributed by atoms with Gasteiger partial charge in [-0.15, -0.1) is 11.3 Å². The largest absolute Gasteiger partial charge is 0.381 e. The number of hydrogen-bond acceptors (Lipinski definition) is 5. The Balaban J connectivity index is 1.83. The first-order valence-corrected chi connectivity index (χ1v) is 7.16. The van der Waals surface area contributed by atoms with Gasteiger partial charge in [0.25, 0.3) is 5.91 Å². The lowest BCUT2D eigenvalue weighted by molar-refractivity contribution is 0.0750. The molecule has 1 aliphatic heterocycles. The molecule has 2 rings (SSSR count). The third-order valence-electron chi connectivity index (χ3n) is 3.02. The molecule has 1 aliphatic rings. The maximum Gasteiger partial charge on any atom is 0.273 e. The van der Waals surface area contributed by atoms with E-state index in [9.17, 15) is 4.79 Å². The zero-order valence-electron chi connectivity index (χ0n) is 10.6. The average molecular weight is 269 g/mol. The van der Waals surface area contributed by atoms with Crippen molar-refractivity contribution in [2.75, 3.05) is 32.0 Å². The maximum absolute atomic E-state index is 12.1.